The number of carbonyl (C=O) groups excluding carboxylic acids is 1. The van der Waals surface area contributed by atoms with Crippen molar-refractivity contribution in [1.82, 2.24) is 0 Å². The molecule has 0 saturated carbocycles. The van der Waals surface area contributed by atoms with Crippen molar-refractivity contribution >= 4 is 27.9 Å². The lowest BCUT2D eigenvalue weighted by atomic mass is 10.1. The first-order chi connectivity index (χ1) is 6.79. The van der Waals surface area contributed by atoms with Gasteiger partial charge in [0.25, 0.3) is 0 Å². The SMILES string of the molecule is O=CCCc1ccc2oc(=O)sc2c1. The molecular formula is C10H8O3S. The molecule has 0 bridgehead atoms. The molecule has 2 aromatic rings. The van der Waals surface area contributed by atoms with Gasteiger partial charge in [0.05, 0.1) is 4.70 Å². The predicted molar refractivity (Wildman–Crippen MR) is 54.7 cm³/mol. The van der Waals surface area contributed by atoms with Gasteiger partial charge in [-0.1, -0.05) is 17.4 Å². The van der Waals surface area contributed by atoms with Gasteiger partial charge < -0.3 is 9.21 Å². The van der Waals surface area contributed by atoms with Crippen LogP contribution in [0.3, 0.4) is 0 Å². The Kier molecular flexibility index (Phi) is 2.45. The molecule has 0 aliphatic heterocycles. The number of carbonyl (C=O) groups is 1. The van der Waals surface area contributed by atoms with Crippen LogP contribution in [0.1, 0.15) is 12.0 Å². The molecule has 72 valence electrons. The number of aryl methyl sites for hydroxylation is 1. The van der Waals surface area contributed by atoms with Crippen LogP contribution in [0.15, 0.2) is 27.4 Å². The molecule has 0 radical (unpaired) electrons. The molecule has 0 aliphatic rings. The highest BCUT2D eigenvalue weighted by molar-refractivity contribution is 7.16. The van der Waals surface area contributed by atoms with Crippen LogP contribution >= 0.6 is 11.3 Å². The lowest BCUT2D eigenvalue weighted by Gasteiger charge is -1.95. The molecule has 0 spiro atoms. The highest BCUT2D eigenvalue weighted by atomic mass is 32.1. The zero-order chi connectivity index (χ0) is 9.97. The van der Waals surface area contributed by atoms with Crippen LogP contribution in [0.5, 0.6) is 0 Å². The standard InChI is InChI=1S/C10H8O3S/c11-5-1-2-7-3-4-8-9(6-7)14-10(12)13-8/h3-6H,1-2H2. The fourth-order valence-corrected chi connectivity index (χ4v) is 2.03. The molecule has 2 rings (SSSR count). The molecule has 0 amide bonds. The molecule has 1 aromatic carbocycles. The van der Waals surface area contributed by atoms with Gasteiger partial charge >= 0.3 is 4.94 Å². The summed E-state index contributed by atoms with van der Waals surface area (Å²) in [7, 11) is 0. The fraction of sp³-hybridized carbons (Fsp3) is 0.200. The van der Waals surface area contributed by atoms with Gasteiger partial charge in [-0.05, 0) is 24.1 Å². The van der Waals surface area contributed by atoms with E-state index in [2.05, 4.69) is 0 Å². The molecule has 1 heterocycles. The molecule has 4 heteroatoms. The number of aldehydes is 1. The van der Waals surface area contributed by atoms with E-state index in [0.29, 0.717) is 18.4 Å². The van der Waals surface area contributed by atoms with Crippen molar-refractivity contribution in [3.05, 3.63) is 33.5 Å². The topological polar surface area (TPSA) is 47.3 Å². The molecule has 0 saturated heterocycles. The van der Waals surface area contributed by atoms with Crippen molar-refractivity contribution < 1.29 is 9.21 Å². The van der Waals surface area contributed by atoms with E-state index in [-0.39, 0.29) is 4.94 Å². The highest BCUT2D eigenvalue weighted by Gasteiger charge is 2.02. The van der Waals surface area contributed by atoms with Crippen LogP contribution in [-0.2, 0) is 11.2 Å². The van der Waals surface area contributed by atoms with Crippen molar-refractivity contribution in [2.75, 3.05) is 0 Å². The van der Waals surface area contributed by atoms with Gasteiger partial charge in [0.2, 0.25) is 0 Å². The Labute approximate surface area is 84.0 Å². The third kappa shape index (κ3) is 1.75. The first-order valence-electron chi connectivity index (χ1n) is 4.26. The molecule has 3 nitrogen and oxygen atoms in total. The molecule has 0 atom stereocenters. The summed E-state index contributed by atoms with van der Waals surface area (Å²) >= 11 is 1.09. The van der Waals surface area contributed by atoms with E-state index in [1.165, 1.54) is 0 Å². The van der Waals surface area contributed by atoms with Crippen LogP contribution in [0.25, 0.3) is 10.3 Å². The van der Waals surface area contributed by atoms with Crippen LogP contribution in [0.4, 0.5) is 0 Å². The zero-order valence-electron chi connectivity index (χ0n) is 7.36. The summed E-state index contributed by atoms with van der Waals surface area (Å²) in [6, 6.07) is 5.54. The van der Waals surface area contributed by atoms with Gasteiger partial charge in [0.15, 0.2) is 0 Å². The van der Waals surface area contributed by atoms with Crippen LogP contribution < -0.4 is 4.94 Å². The average molecular weight is 208 g/mol. The average Bonchev–Trinajstić information content (AvgIpc) is 2.54. The van der Waals surface area contributed by atoms with Gasteiger partial charge in [-0.2, -0.15) is 0 Å². The Morgan fingerprint density at radius 3 is 3.07 bits per heavy atom. The second-order valence-electron chi connectivity index (χ2n) is 2.94. The van der Waals surface area contributed by atoms with E-state index in [4.69, 9.17) is 4.42 Å². The van der Waals surface area contributed by atoms with Crippen molar-refractivity contribution in [3.8, 4) is 0 Å². The zero-order valence-corrected chi connectivity index (χ0v) is 8.17. The van der Waals surface area contributed by atoms with Gasteiger partial charge in [0.1, 0.15) is 11.9 Å². The maximum absolute atomic E-state index is 10.9. The Hall–Kier alpha value is -1.42. The smallest absolute Gasteiger partial charge is 0.396 e. The van der Waals surface area contributed by atoms with Crippen molar-refractivity contribution in [2.45, 2.75) is 12.8 Å². The molecule has 0 unspecified atom stereocenters. The highest BCUT2D eigenvalue weighted by Crippen LogP contribution is 2.18. The minimum atomic E-state index is -0.285. The summed E-state index contributed by atoms with van der Waals surface area (Å²) in [6.07, 6.45) is 2.12. The molecule has 0 fully saturated rings. The van der Waals surface area contributed by atoms with Gasteiger partial charge in [-0.15, -0.1) is 0 Å². The quantitative estimate of drug-likeness (QED) is 0.724. The van der Waals surface area contributed by atoms with E-state index in [1.54, 1.807) is 6.07 Å². The Balaban J connectivity index is 2.40. The largest absolute Gasteiger partial charge is 0.414 e. The van der Waals surface area contributed by atoms with Crippen molar-refractivity contribution in [2.24, 2.45) is 0 Å². The lowest BCUT2D eigenvalue weighted by molar-refractivity contribution is -0.107. The normalized spacial score (nSPS) is 10.6. The Morgan fingerprint density at radius 1 is 1.43 bits per heavy atom. The van der Waals surface area contributed by atoms with E-state index < -0.39 is 0 Å². The minimum absolute atomic E-state index is 0.285. The number of hydrogen-bond donors (Lipinski definition) is 0. The molecule has 0 aliphatic carbocycles. The van der Waals surface area contributed by atoms with Gasteiger partial charge in [0, 0.05) is 6.42 Å². The van der Waals surface area contributed by atoms with E-state index >= 15 is 0 Å². The number of fused-ring (bicyclic) bond motifs is 1. The molecule has 1 aromatic heterocycles. The first kappa shape index (κ1) is 9.15. The summed E-state index contributed by atoms with van der Waals surface area (Å²) < 4.78 is 5.77. The van der Waals surface area contributed by atoms with E-state index in [9.17, 15) is 9.59 Å². The number of hydrogen-bond acceptors (Lipinski definition) is 4. The first-order valence-corrected chi connectivity index (χ1v) is 5.07. The van der Waals surface area contributed by atoms with Crippen molar-refractivity contribution in [3.63, 3.8) is 0 Å². The van der Waals surface area contributed by atoms with Crippen LogP contribution in [0, 0.1) is 0 Å². The second kappa shape index (κ2) is 3.75. The molecule has 14 heavy (non-hydrogen) atoms. The maximum atomic E-state index is 10.9. The summed E-state index contributed by atoms with van der Waals surface area (Å²) in [5.74, 6) is 0. The summed E-state index contributed by atoms with van der Waals surface area (Å²) in [4.78, 5) is 20.8. The minimum Gasteiger partial charge on any atom is -0.414 e. The fourth-order valence-electron chi connectivity index (χ4n) is 1.30. The van der Waals surface area contributed by atoms with Crippen LogP contribution in [-0.4, -0.2) is 6.29 Å². The molecule has 0 N–H and O–H groups in total. The van der Waals surface area contributed by atoms with E-state index in [0.717, 1.165) is 27.9 Å². The predicted octanol–water partition coefficient (Wildman–Crippen LogP) is 1.99. The van der Waals surface area contributed by atoms with Gasteiger partial charge in [-0.25, -0.2) is 4.79 Å². The molecular weight excluding hydrogens is 200 g/mol. The summed E-state index contributed by atoms with van der Waals surface area (Å²) in [6.45, 7) is 0. The Morgan fingerprint density at radius 2 is 2.29 bits per heavy atom. The number of benzene rings is 1. The monoisotopic (exact) mass is 208 g/mol. The third-order valence-electron chi connectivity index (χ3n) is 1.95. The van der Waals surface area contributed by atoms with Crippen molar-refractivity contribution in [1.29, 1.82) is 0 Å². The summed E-state index contributed by atoms with van der Waals surface area (Å²) in [5, 5.41) is 0. The van der Waals surface area contributed by atoms with Crippen LogP contribution in [0.2, 0.25) is 0 Å². The second-order valence-corrected chi connectivity index (χ2v) is 3.92. The Bertz CT molecular complexity index is 509. The number of rotatable bonds is 3. The van der Waals surface area contributed by atoms with Gasteiger partial charge in [-0.3, -0.25) is 0 Å². The van der Waals surface area contributed by atoms with E-state index in [1.807, 2.05) is 12.1 Å². The maximum Gasteiger partial charge on any atom is 0.396 e. The third-order valence-corrected chi connectivity index (χ3v) is 2.73. The lowest BCUT2D eigenvalue weighted by Crippen LogP contribution is -1.84. The summed E-state index contributed by atoms with van der Waals surface area (Å²) in [5.41, 5.74) is 1.68.